The van der Waals surface area contributed by atoms with Gasteiger partial charge in [-0.15, -0.1) is 12.4 Å². The molecule has 0 spiro atoms. The van der Waals surface area contributed by atoms with Gasteiger partial charge in [0.1, 0.15) is 11.6 Å². The van der Waals surface area contributed by atoms with Crippen molar-refractivity contribution in [2.45, 2.75) is 31.5 Å². The zero-order chi connectivity index (χ0) is 13.8. The van der Waals surface area contributed by atoms with Crippen LogP contribution in [0.2, 0.25) is 0 Å². The smallest absolute Gasteiger partial charge is 0.130 e. The first-order valence-corrected chi connectivity index (χ1v) is 6.55. The highest BCUT2D eigenvalue weighted by molar-refractivity contribution is 5.85. The van der Waals surface area contributed by atoms with Crippen molar-refractivity contribution in [1.29, 1.82) is 0 Å². The first-order chi connectivity index (χ1) is 9.15. The topological polar surface area (TPSA) is 38.5 Å². The molecular formula is C14H21ClF2N2O. The minimum Gasteiger partial charge on any atom is -0.381 e. The van der Waals surface area contributed by atoms with Gasteiger partial charge in [-0.25, -0.2) is 8.78 Å². The van der Waals surface area contributed by atoms with Gasteiger partial charge in [-0.3, -0.25) is 4.90 Å². The van der Waals surface area contributed by atoms with E-state index in [9.17, 15) is 8.78 Å². The third-order valence-electron chi connectivity index (χ3n) is 3.82. The fourth-order valence-electron chi connectivity index (χ4n) is 2.62. The standard InChI is InChI=1S/C14H20F2N2O.ClH/c1-19-11-5-6-18(10(7-11)8-17)9-12-13(15)3-2-4-14(12)16;/h2-4,10-11H,5-9,17H2,1H3;1H. The van der Waals surface area contributed by atoms with E-state index in [4.69, 9.17) is 10.5 Å². The molecule has 0 aromatic heterocycles. The maximum Gasteiger partial charge on any atom is 0.130 e. The summed E-state index contributed by atoms with van der Waals surface area (Å²) in [5.74, 6) is -0.991. The minimum absolute atomic E-state index is 0. The summed E-state index contributed by atoms with van der Waals surface area (Å²) < 4.78 is 32.7. The highest BCUT2D eigenvalue weighted by atomic mass is 35.5. The summed E-state index contributed by atoms with van der Waals surface area (Å²) in [4.78, 5) is 2.04. The number of hydrogen-bond donors (Lipinski definition) is 1. The Bertz CT molecular complexity index is 413. The molecule has 2 unspecified atom stereocenters. The Balaban J connectivity index is 0.00000200. The molecule has 0 saturated carbocycles. The van der Waals surface area contributed by atoms with Crippen molar-refractivity contribution >= 4 is 12.4 Å². The Morgan fingerprint density at radius 1 is 1.35 bits per heavy atom. The summed E-state index contributed by atoms with van der Waals surface area (Å²) >= 11 is 0. The van der Waals surface area contributed by atoms with E-state index in [1.807, 2.05) is 4.90 Å². The number of methoxy groups -OCH3 is 1. The number of ether oxygens (including phenoxy) is 1. The van der Waals surface area contributed by atoms with Gasteiger partial charge in [0.15, 0.2) is 0 Å². The molecule has 0 radical (unpaired) electrons. The van der Waals surface area contributed by atoms with Crippen LogP contribution in [0.25, 0.3) is 0 Å². The second kappa shape index (κ2) is 7.88. The molecule has 3 nitrogen and oxygen atoms in total. The Morgan fingerprint density at radius 3 is 2.55 bits per heavy atom. The summed E-state index contributed by atoms with van der Waals surface area (Å²) in [7, 11) is 1.68. The molecule has 20 heavy (non-hydrogen) atoms. The molecular weight excluding hydrogens is 286 g/mol. The van der Waals surface area contributed by atoms with Crippen molar-refractivity contribution in [1.82, 2.24) is 4.90 Å². The molecule has 1 saturated heterocycles. The monoisotopic (exact) mass is 306 g/mol. The number of halogens is 3. The van der Waals surface area contributed by atoms with Gasteiger partial charge < -0.3 is 10.5 Å². The maximum atomic E-state index is 13.7. The van der Waals surface area contributed by atoms with E-state index in [1.165, 1.54) is 18.2 Å². The van der Waals surface area contributed by atoms with Crippen LogP contribution >= 0.6 is 12.4 Å². The zero-order valence-corrected chi connectivity index (χ0v) is 12.3. The van der Waals surface area contributed by atoms with Gasteiger partial charge >= 0.3 is 0 Å². The largest absolute Gasteiger partial charge is 0.381 e. The molecule has 2 atom stereocenters. The van der Waals surface area contributed by atoms with Crippen molar-refractivity contribution in [3.05, 3.63) is 35.4 Å². The van der Waals surface area contributed by atoms with Crippen LogP contribution in [-0.2, 0) is 11.3 Å². The van der Waals surface area contributed by atoms with Gasteiger partial charge in [-0.2, -0.15) is 0 Å². The Labute approximate surface area is 124 Å². The number of hydrogen-bond acceptors (Lipinski definition) is 3. The Morgan fingerprint density at radius 2 is 2.00 bits per heavy atom. The van der Waals surface area contributed by atoms with Crippen LogP contribution in [0.15, 0.2) is 18.2 Å². The second-order valence-corrected chi connectivity index (χ2v) is 4.94. The summed E-state index contributed by atoms with van der Waals surface area (Å²) in [5.41, 5.74) is 5.88. The minimum atomic E-state index is -0.496. The summed E-state index contributed by atoms with van der Waals surface area (Å²) in [6.07, 6.45) is 1.86. The van der Waals surface area contributed by atoms with Crippen molar-refractivity contribution in [3.63, 3.8) is 0 Å². The van der Waals surface area contributed by atoms with Gasteiger partial charge in [0, 0.05) is 38.3 Å². The molecule has 1 fully saturated rings. The van der Waals surface area contributed by atoms with Gasteiger partial charge in [0.25, 0.3) is 0 Å². The van der Waals surface area contributed by atoms with Crippen LogP contribution in [0, 0.1) is 11.6 Å². The van der Waals surface area contributed by atoms with E-state index in [0.29, 0.717) is 6.54 Å². The lowest BCUT2D eigenvalue weighted by molar-refractivity contribution is 0.00951. The molecule has 1 heterocycles. The number of likely N-dealkylation sites (tertiary alicyclic amines) is 1. The van der Waals surface area contributed by atoms with Crippen molar-refractivity contribution < 1.29 is 13.5 Å². The normalized spacial score (nSPS) is 23.4. The fraction of sp³-hybridized carbons (Fsp3) is 0.571. The van der Waals surface area contributed by atoms with Crippen LogP contribution < -0.4 is 5.73 Å². The molecule has 1 aliphatic heterocycles. The highest BCUT2D eigenvalue weighted by Gasteiger charge is 2.28. The van der Waals surface area contributed by atoms with E-state index >= 15 is 0 Å². The van der Waals surface area contributed by atoms with E-state index in [-0.39, 0.29) is 36.7 Å². The molecule has 0 bridgehead atoms. The molecule has 1 aliphatic rings. The zero-order valence-electron chi connectivity index (χ0n) is 11.5. The number of nitrogens with zero attached hydrogens (tertiary/aromatic N) is 1. The van der Waals surface area contributed by atoms with E-state index < -0.39 is 11.6 Å². The summed E-state index contributed by atoms with van der Waals surface area (Å²) in [6.45, 7) is 1.47. The van der Waals surface area contributed by atoms with Gasteiger partial charge in [-0.05, 0) is 25.0 Å². The molecule has 1 aromatic rings. The lowest BCUT2D eigenvalue weighted by Gasteiger charge is -2.38. The Kier molecular flexibility index (Phi) is 6.82. The highest BCUT2D eigenvalue weighted by Crippen LogP contribution is 2.23. The number of rotatable bonds is 4. The summed E-state index contributed by atoms with van der Waals surface area (Å²) in [5, 5.41) is 0. The van der Waals surface area contributed by atoms with Crippen LogP contribution in [0.5, 0.6) is 0 Å². The first-order valence-electron chi connectivity index (χ1n) is 6.55. The predicted octanol–water partition coefficient (Wildman–Crippen LogP) is 2.32. The quantitative estimate of drug-likeness (QED) is 0.928. The van der Waals surface area contributed by atoms with Crippen molar-refractivity contribution in [3.8, 4) is 0 Å². The van der Waals surface area contributed by atoms with Gasteiger partial charge in [-0.1, -0.05) is 6.07 Å². The molecule has 1 aromatic carbocycles. The first kappa shape index (κ1) is 17.3. The third kappa shape index (κ3) is 3.88. The lowest BCUT2D eigenvalue weighted by atomic mass is 9.98. The molecule has 2 N–H and O–H groups in total. The molecule has 0 aliphatic carbocycles. The Hall–Kier alpha value is -0.750. The summed E-state index contributed by atoms with van der Waals surface area (Å²) in [6, 6.07) is 4.07. The number of piperidine rings is 1. The van der Waals surface area contributed by atoms with Crippen LogP contribution in [0.4, 0.5) is 8.78 Å². The molecule has 2 rings (SSSR count). The van der Waals surface area contributed by atoms with E-state index in [0.717, 1.165) is 19.4 Å². The SMILES string of the molecule is COC1CCN(Cc2c(F)cccc2F)C(CN)C1.Cl. The van der Waals surface area contributed by atoms with Crippen LogP contribution in [0.3, 0.4) is 0 Å². The third-order valence-corrected chi connectivity index (χ3v) is 3.82. The lowest BCUT2D eigenvalue weighted by Crippen LogP contribution is -2.48. The average Bonchev–Trinajstić information content (AvgIpc) is 2.43. The predicted molar refractivity (Wildman–Crippen MR) is 76.9 cm³/mol. The molecule has 6 heteroatoms. The van der Waals surface area contributed by atoms with Gasteiger partial charge in [0.2, 0.25) is 0 Å². The van der Waals surface area contributed by atoms with Gasteiger partial charge in [0.05, 0.1) is 6.10 Å². The molecule has 114 valence electrons. The second-order valence-electron chi connectivity index (χ2n) is 4.94. The average molecular weight is 307 g/mol. The fourth-order valence-corrected chi connectivity index (χ4v) is 2.62. The van der Waals surface area contributed by atoms with E-state index in [2.05, 4.69) is 0 Å². The molecule has 0 amide bonds. The van der Waals surface area contributed by atoms with Crippen LogP contribution in [0.1, 0.15) is 18.4 Å². The van der Waals surface area contributed by atoms with Crippen molar-refractivity contribution in [2.24, 2.45) is 5.73 Å². The number of benzene rings is 1. The van der Waals surface area contributed by atoms with Crippen molar-refractivity contribution in [2.75, 3.05) is 20.2 Å². The maximum absolute atomic E-state index is 13.7. The van der Waals surface area contributed by atoms with E-state index in [1.54, 1.807) is 7.11 Å². The number of nitrogens with two attached hydrogens (primary N) is 1. The van der Waals surface area contributed by atoms with Crippen LogP contribution in [-0.4, -0.2) is 37.2 Å².